The van der Waals surface area contributed by atoms with Crippen LogP contribution in [0, 0.1) is 6.92 Å². The van der Waals surface area contributed by atoms with Crippen molar-refractivity contribution in [2.24, 2.45) is 0 Å². The molecule has 2 rings (SSSR count). The average Bonchev–Trinajstić information content (AvgIpc) is 2.60. The van der Waals surface area contributed by atoms with Gasteiger partial charge in [0.05, 0.1) is 11.7 Å². The number of nitrogens with one attached hydrogen (secondary N) is 2. The van der Waals surface area contributed by atoms with Gasteiger partial charge in [0.25, 0.3) is 0 Å². The summed E-state index contributed by atoms with van der Waals surface area (Å²) < 4.78 is 0. The van der Waals surface area contributed by atoms with E-state index in [0.717, 1.165) is 12.2 Å². The van der Waals surface area contributed by atoms with Crippen LogP contribution in [0.4, 0.5) is 0 Å². The fourth-order valence-electron chi connectivity index (χ4n) is 2.38. The molecule has 1 aliphatic rings. The lowest BCUT2D eigenvalue weighted by atomic mass is 9.99. The van der Waals surface area contributed by atoms with E-state index in [1.165, 1.54) is 30.7 Å². The van der Waals surface area contributed by atoms with Crippen molar-refractivity contribution >= 4 is 0 Å². The van der Waals surface area contributed by atoms with E-state index in [0.29, 0.717) is 12.1 Å². The van der Waals surface area contributed by atoms with Crippen molar-refractivity contribution < 1.29 is 0 Å². The van der Waals surface area contributed by atoms with Crippen LogP contribution in [-0.2, 0) is 6.42 Å². The Morgan fingerprint density at radius 2 is 2.20 bits per heavy atom. The lowest BCUT2D eigenvalue weighted by Gasteiger charge is -2.27. The van der Waals surface area contributed by atoms with Crippen LogP contribution in [0.1, 0.15) is 56.4 Å². The molecule has 3 heteroatoms. The summed E-state index contributed by atoms with van der Waals surface area (Å²) in [7, 11) is 0. The van der Waals surface area contributed by atoms with Gasteiger partial charge in [0.2, 0.25) is 0 Å². The first-order valence-corrected chi connectivity index (χ1v) is 6.02. The molecule has 0 aromatic carbocycles. The number of imidazole rings is 1. The van der Waals surface area contributed by atoms with Gasteiger partial charge in [0.15, 0.2) is 0 Å². The van der Waals surface area contributed by atoms with Crippen molar-refractivity contribution in [3.63, 3.8) is 0 Å². The highest BCUT2D eigenvalue weighted by atomic mass is 15.0. The van der Waals surface area contributed by atoms with E-state index >= 15 is 0 Å². The summed E-state index contributed by atoms with van der Waals surface area (Å²) in [6.45, 7) is 6.52. The fraction of sp³-hybridized carbons (Fsp3) is 0.750. The van der Waals surface area contributed by atoms with Gasteiger partial charge in [0.1, 0.15) is 5.82 Å². The van der Waals surface area contributed by atoms with Crippen molar-refractivity contribution in [2.45, 2.75) is 58.5 Å². The highest BCUT2D eigenvalue weighted by Gasteiger charge is 2.22. The summed E-state index contributed by atoms with van der Waals surface area (Å²) in [6.07, 6.45) is 4.82. The predicted octanol–water partition coefficient (Wildman–Crippen LogP) is 2.48. The van der Waals surface area contributed by atoms with E-state index in [9.17, 15) is 0 Å². The largest absolute Gasteiger partial charge is 0.345 e. The second-order valence-corrected chi connectivity index (χ2v) is 4.60. The number of hydrogen-bond donors (Lipinski definition) is 2. The topological polar surface area (TPSA) is 40.7 Å². The minimum absolute atomic E-state index is 0.438. The standard InChI is InChI=1S/C12H21N3/c1-4-10-9(3)14-12(15-10)11-7-5-6-8(2)13-11/h8,11,13H,4-7H2,1-3H3,(H,14,15). The first-order valence-electron chi connectivity index (χ1n) is 6.02. The smallest absolute Gasteiger partial charge is 0.123 e. The number of hydrogen-bond acceptors (Lipinski definition) is 2. The summed E-state index contributed by atoms with van der Waals surface area (Å²) in [6, 6.07) is 1.06. The lowest BCUT2D eigenvalue weighted by molar-refractivity contribution is 0.332. The van der Waals surface area contributed by atoms with E-state index in [4.69, 9.17) is 0 Å². The molecule has 1 aromatic rings. The molecule has 0 saturated carbocycles. The van der Waals surface area contributed by atoms with Gasteiger partial charge in [-0.2, -0.15) is 0 Å². The van der Waals surface area contributed by atoms with Gasteiger partial charge in [-0.05, 0) is 39.5 Å². The molecule has 3 nitrogen and oxygen atoms in total. The van der Waals surface area contributed by atoms with Crippen LogP contribution in [0.2, 0.25) is 0 Å². The zero-order valence-corrected chi connectivity index (χ0v) is 9.93. The van der Waals surface area contributed by atoms with Gasteiger partial charge in [-0.25, -0.2) is 4.98 Å². The Labute approximate surface area is 91.7 Å². The van der Waals surface area contributed by atoms with Crippen LogP contribution in [0.3, 0.4) is 0 Å². The van der Waals surface area contributed by atoms with Gasteiger partial charge >= 0.3 is 0 Å². The molecule has 1 fully saturated rings. The predicted molar refractivity (Wildman–Crippen MR) is 61.9 cm³/mol. The number of aryl methyl sites for hydroxylation is 2. The number of aromatic amines is 1. The molecule has 1 aromatic heterocycles. The maximum absolute atomic E-state index is 4.67. The summed E-state index contributed by atoms with van der Waals surface area (Å²) in [5.41, 5.74) is 2.44. The van der Waals surface area contributed by atoms with Crippen LogP contribution < -0.4 is 5.32 Å². The second-order valence-electron chi connectivity index (χ2n) is 4.60. The van der Waals surface area contributed by atoms with Crippen LogP contribution in [0.15, 0.2) is 0 Å². The zero-order valence-electron chi connectivity index (χ0n) is 9.93. The van der Waals surface area contributed by atoms with E-state index in [-0.39, 0.29) is 0 Å². The summed E-state index contributed by atoms with van der Waals surface area (Å²) >= 11 is 0. The quantitative estimate of drug-likeness (QED) is 0.782. The maximum Gasteiger partial charge on any atom is 0.123 e. The first-order chi connectivity index (χ1) is 7.20. The molecule has 84 valence electrons. The highest BCUT2D eigenvalue weighted by Crippen LogP contribution is 2.24. The monoisotopic (exact) mass is 207 g/mol. The van der Waals surface area contributed by atoms with Crippen molar-refractivity contribution in [3.05, 3.63) is 17.2 Å². The Hall–Kier alpha value is -0.830. The summed E-state index contributed by atoms with van der Waals surface area (Å²) in [4.78, 5) is 8.08. The van der Waals surface area contributed by atoms with Gasteiger partial charge in [-0.1, -0.05) is 6.92 Å². The molecule has 2 heterocycles. The number of nitrogens with zero attached hydrogens (tertiary/aromatic N) is 1. The highest BCUT2D eigenvalue weighted by molar-refractivity contribution is 5.15. The zero-order chi connectivity index (χ0) is 10.8. The molecular formula is C12H21N3. The first kappa shape index (κ1) is 10.7. The third-order valence-corrected chi connectivity index (χ3v) is 3.28. The van der Waals surface area contributed by atoms with E-state index < -0.39 is 0 Å². The van der Waals surface area contributed by atoms with Crippen molar-refractivity contribution in [1.29, 1.82) is 0 Å². The van der Waals surface area contributed by atoms with E-state index in [2.05, 4.69) is 36.1 Å². The van der Waals surface area contributed by atoms with Crippen LogP contribution >= 0.6 is 0 Å². The van der Waals surface area contributed by atoms with Gasteiger partial charge < -0.3 is 10.3 Å². The van der Waals surface area contributed by atoms with Crippen LogP contribution in [-0.4, -0.2) is 16.0 Å². The molecule has 0 aliphatic carbocycles. The molecule has 1 saturated heterocycles. The molecule has 0 amide bonds. The number of aromatic nitrogens is 2. The van der Waals surface area contributed by atoms with E-state index in [1.54, 1.807) is 0 Å². The third-order valence-electron chi connectivity index (χ3n) is 3.28. The Kier molecular flexibility index (Phi) is 3.10. The Morgan fingerprint density at radius 3 is 2.80 bits per heavy atom. The lowest BCUT2D eigenvalue weighted by Crippen LogP contribution is -2.35. The van der Waals surface area contributed by atoms with Gasteiger partial charge in [0, 0.05) is 11.7 Å². The molecule has 2 atom stereocenters. The Balaban J connectivity index is 2.14. The average molecular weight is 207 g/mol. The molecule has 2 N–H and O–H groups in total. The molecule has 0 radical (unpaired) electrons. The van der Waals surface area contributed by atoms with Crippen molar-refractivity contribution in [1.82, 2.24) is 15.3 Å². The minimum atomic E-state index is 0.438. The minimum Gasteiger partial charge on any atom is -0.345 e. The van der Waals surface area contributed by atoms with Gasteiger partial charge in [-0.15, -0.1) is 0 Å². The second kappa shape index (κ2) is 4.35. The Morgan fingerprint density at radius 1 is 1.40 bits per heavy atom. The molecule has 0 bridgehead atoms. The normalized spacial score (nSPS) is 26.9. The van der Waals surface area contributed by atoms with Crippen LogP contribution in [0.5, 0.6) is 0 Å². The number of rotatable bonds is 2. The molecule has 15 heavy (non-hydrogen) atoms. The van der Waals surface area contributed by atoms with Crippen LogP contribution in [0.25, 0.3) is 0 Å². The summed E-state index contributed by atoms with van der Waals surface area (Å²) in [5.74, 6) is 1.14. The molecule has 2 unspecified atom stereocenters. The Bertz CT molecular complexity index is 330. The fourth-order valence-corrected chi connectivity index (χ4v) is 2.38. The SMILES string of the molecule is CCc1nc(C2CCCC(C)N2)[nH]c1C. The van der Waals surface area contributed by atoms with E-state index in [1.807, 2.05) is 0 Å². The van der Waals surface area contributed by atoms with Gasteiger partial charge in [-0.3, -0.25) is 0 Å². The molecule has 1 aliphatic heterocycles. The number of H-pyrrole nitrogens is 1. The molecule has 0 spiro atoms. The van der Waals surface area contributed by atoms with Crippen molar-refractivity contribution in [3.8, 4) is 0 Å². The summed E-state index contributed by atoms with van der Waals surface area (Å²) in [5, 5.41) is 3.60. The van der Waals surface area contributed by atoms with Crippen molar-refractivity contribution in [2.75, 3.05) is 0 Å². The molecular weight excluding hydrogens is 186 g/mol. The third kappa shape index (κ3) is 2.23. The maximum atomic E-state index is 4.67. The number of piperidine rings is 1.